The molecule has 0 saturated carbocycles. The van der Waals surface area contributed by atoms with Crippen LogP contribution < -0.4 is 0 Å². The Labute approximate surface area is 198 Å². The number of aromatic amines is 1. The van der Waals surface area contributed by atoms with Crippen LogP contribution in [0.4, 0.5) is 4.39 Å². The number of rotatable bonds is 4. The predicted octanol–water partition coefficient (Wildman–Crippen LogP) is 3.10. The molecule has 6 rings (SSSR count). The van der Waals surface area contributed by atoms with E-state index in [1.54, 1.807) is 18.5 Å². The lowest BCUT2D eigenvalue weighted by Crippen LogP contribution is -2.39. The van der Waals surface area contributed by atoms with Crippen LogP contribution in [0.1, 0.15) is 36.7 Å². The molecule has 0 bridgehead atoms. The summed E-state index contributed by atoms with van der Waals surface area (Å²) in [6.07, 6.45) is 10.3. The number of aryl methyl sites for hydroxylation is 1. The van der Waals surface area contributed by atoms with Gasteiger partial charge in [0.25, 0.3) is 0 Å². The molecule has 2 atom stereocenters. The van der Waals surface area contributed by atoms with Crippen LogP contribution in [0, 0.1) is 5.82 Å². The van der Waals surface area contributed by atoms with Crippen LogP contribution in [0.3, 0.4) is 0 Å². The lowest BCUT2D eigenvalue weighted by atomic mass is 9.92. The van der Waals surface area contributed by atoms with Crippen molar-refractivity contribution < 1.29 is 9.18 Å². The van der Waals surface area contributed by atoms with Gasteiger partial charge in [-0.25, -0.2) is 14.4 Å². The predicted molar refractivity (Wildman–Crippen MR) is 120 cm³/mol. The Kier molecular flexibility index (Phi) is 4.80. The SMILES string of the molecule is Cn1ccnc1-c1c[nH]c([C@@H]2CCC3CC(c4c(-n5cnnn5)ccc(Cl)c4F)=CC(=O)N32)n1. The summed E-state index contributed by atoms with van der Waals surface area (Å²) in [5.74, 6) is 0.679. The van der Waals surface area contributed by atoms with Gasteiger partial charge in [0.05, 0.1) is 16.8 Å². The third-order valence-corrected chi connectivity index (χ3v) is 6.76. The number of nitrogens with zero attached hydrogens (tertiary/aromatic N) is 8. The second kappa shape index (κ2) is 7.87. The van der Waals surface area contributed by atoms with Crippen molar-refractivity contribution in [2.45, 2.75) is 31.3 Å². The molecule has 0 aliphatic carbocycles. The fraction of sp³-hybridized carbons (Fsp3) is 0.273. The van der Waals surface area contributed by atoms with Gasteiger partial charge in [0.1, 0.15) is 17.8 Å². The van der Waals surface area contributed by atoms with Crippen molar-refractivity contribution in [3.63, 3.8) is 0 Å². The Morgan fingerprint density at radius 2 is 2.15 bits per heavy atom. The van der Waals surface area contributed by atoms with Crippen LogP contribution >= 0.6 is 11.6 Å². The highest BCUT2D eigenvalue weighted by molar-refractivity contribution is 6.31. The molecule has 2 aliphatic rings. The van der Waals surface area contributed by atoms with Gasteiger partial charge in [-0.1, -0.05) is 11.6 Å². The second-order valence-corrected chi connectivity index (χ2v) is 8.82. The lowest BCUT2D eigenvalue weighted by Gasteiger charge is -2.33. The summed E-state index contributed by atoms with van der Waals surface area (Å²) in [5.41, 5.74) is 1.97. The van der Waals surface area contributed by atoms with Gasteiger partial charge in [0.15, 0.2) is 11.6 Å². The summed E-state index contributed by atoms with van der Waals surface area (Å²) in [6, 6.07) is 2.83. The van der Waals surface area contributed by atoms with Crippen LogP contribution in [0.25, 0.3) is 22.8 Å². The van der Waals surface area contributed by atoms with E-state index < -0.39 is 5.82 Å². The van der Waals surface area contributed by atoms with Gasteiger partial charge in [-0.3, -0.25) is 4.79 Å². The van der Waals surface area contributed by atoms with Gasteiger partial charge in [-0.2, -0.15) is 4.68 Å². The number of carbonyl (C=O) groups is 1. The molecule has 1 unspecified atom stereocenters. The molecule has 0 spiro atoms. The molecule has 5 heterocycles. The first-order valence-electron chi connectivity index (χ1n) is 10.8. The number of aromatic nitrogens is 8. The zero-order valence-corrected chi connectivity index (χ0v) is 18.8. The highest BCUT2D eigenvalue weighted by Gasteiger charge is 2.42. The molecule has 12 heteroatoms. The monoisotopic (exact) mass is 479 g/mol. The Hall–Kier alpha value is -3.86. The van der Waals surface area contributed by atoms with Crippen molar-refractivity contribution >= 4 is 23.1 Å². The maximum atomic E-state index is 15.2. The molecule has 1 amide bonds. The second-order valence-electron chi connectivity index (χ2n) is 8.41. The Morgan fingerprint density at radius 1 is 1.26 bits per heavy atom. The first kappa shape index (κ1) is 20.7. The number of nitrogens with one attached hydrogen (secondary N) is 1. The van der Waals surface area contributed by atoms with Crippen LogP contribution in [-0.4, -0.2) is 56.6 Å². The van der Waals surface area contributed by atoms with Gasteiger partial charge >= 0.3 is 0 Å². The van der Waals surface area contributed by atoms with Crippen LogP contribution in [0.15, 0.2) is 43.1 Å². The number of tetrazole rings is 1. The van der Waals surface area contributed by atoms with Crippen molar-refractivity contribution in [1.82, 2.24) is 44.6 Å². The molecule has 172 valence electrons. The smallest absolute Gasteiger partial charge is 0.247 e. The molecule has 1 aromatic carbocycles. The average Bonchev–Trinajstić information content (AvgIpc) is 3.61. The zero-order chi connectivity index (χ0) is 23.4. The summed E-state index contributed by atoms with van der Waals surface area (Å²) in [4.78, 5) is 27.4. The molecular weight excluding hydrogens is 461 g/mol. The highest BCUT2D eigenvalue weighted by Crippen LogP contribution is 2.44. The third-order valence-electron chi connectivity index (χ3n) is 6.46. The number of amides is 1. The molecule has 34 heavy (non-hydrogen) atoms. The summed E-state index contributed by atoms with van der Waals surface area (Å²) < 4.78 is 18.5. The van der Waals surface area contributed by atoms with Gasteiger partial charge in [-0.15, -0.1) is 5.10 Å². The van der Waals surface area contributed by atoms with E-state index in [4.69, 9.17) is 16.6 Å². The molecule has 2 aliphatic heterocycles. The Bertz CT molecular complexity index is 1420. The van der Waals surface area contributed by atoms with Gasteiger partial charge in [0.2, 0.25) is 5.91 Å². The van der Waals surface area contributed by atoms with E-state index in [1.807, 2.05) is 22.7 Å². The van der Waals surface area contributed by atoms with Crippen molar-refractivity contribution in [3.8, 4) is 17.2 Å². The average molecular weight is 480 g/mol. The molecule has 1 N–H and O–H groups in total. The van der Waals surface area contributed by atoms with E-state index in [2.05, 4.69) is 25.5 Å². The van der Waals surface area contributed by atoms with E-state index in [0.717, 1.165) is 24.4 Å². The van der Waals surface area contributed by atoms with Crippen molar-refractivity contribution in [2.75, 3.05) is 0 Å². The minimum absolute atomic E-state index is 0.0238. The maximum Gasteiger partial charge on any atom is 0.247 e. The molecule has 10 nitrogen and oxygen atoms in total. The Morgan fingerprint density at radius 3 is 2.91 bits per heavy atom. The van der Waals surface area contributed by atoms with E-state index in [-0.39, 0.29) is 28.6 Å². The van der Waals surface area contributed by atoms with E-state index in [1.165, 1.54) is 23.2 Å². The molecular formula is C22H19ClFN9O. The van der Waals surface area contributed by atoms with E-state index in [9.17, 15) is 4.79 Å². The van der Waals surface area contributed by atoms with Crippen molar-refractivity contribution in [2.24, 2.45) is 7.05 Å². The number of fused-ring (bicyclic) bond motifs is 1. The Balaban J connectivity index is 1.34. The molecule has 3 aromatic heterocycles. The fourth-order valence-electron chi connectivity index (χ4n) is 4.94. The lowest BCUT2D eigenvalue weighted by molar-refractivity contribution is -0.129. The highest BCUT2D eigenvalue weighted by atomic mass is 35.5. The third kappa shape index (κ3) is 3.23. The van der Waals surface area contributed by atoms with Gasteiger partial charge in [0, 0.05) is 43.3 Å². The zero-order valence-electron chi connectivity index (χ0n) is 18.1. The summed E-state index contributed by atoms with van der Waals surface area (Å²) in [7, 11) is 1.90. The fourth-order valence-corrected chi connectivity index (χ4v) is 5.10. The van der Waals surface area contributed by atoms with Gasteiger partial charge < -0.3 is 14.5 Å². The summed E-state index contributed by atoms with van der Waals surface area (Å²) in [5, 5.41) is 11.1. The summed E-state index contributed by atoms with van der Waals surface area (Å²) in [6.45, 7) is 0. The molecule has 4 aromatic rings. The number of H-pyrrole nitrogens is 1. The minimum atomic E-state index is -0.595. The number of imidazole rings is 2. The first-order chi connectivity index (χ1) is 16.5. The minimum Gasteiger partial charge on any atom is -0.346 e. The molecule has 1 saturated heterocycles. The van der Waals surface area contributed by atoms with Crippen LogP contribution in [-0.2, 0) is 11.8 Å². The number of hydrogen-bond acceptors (Lipinski definition) is 6. The topological polar surface area (TPSA) is 110 Å². The number of carbonyl (C=O) groups excluding carboxylic acids is 1. The maximum absolute atomic E-state index is 15.2. The first-order valence-corrected chi connectivity index (χ1v) is 11.2. The van der Waals surface area contributed by atoms with E-state index >= 15 is 4.39 Å². The summed E-state index contributed by atoms with van der Waals surface area (Å²) >= 11 is 6.10. The standard InChI is InChI=1S/C22H19ClFN9O/c1-31-7-6-25-22(31)15-10-26-21(28-15)17-4-2-13-8-12(9-18(34)33(13)17)19-16(32-11-27-29-30-32)5-3-14(23)20(19)24/h3,5-7,9-11,13,17H,2,4,8H2,1H3,(H,26,28)/t13?,17-/m0/s1. The van der Waals surface area contributed by atoms with Crippen molar-refractivity contribution in [3.05, 3.63) is 65.4 Å². The van der Waals surface area contributed by atoms with Crippen LogP contribution in [0.5, 0.6) is 0 Å². The number of benzene rings is 1. The molecule has 0 radical (unpaired) electrons. The number of halogens is 2. The number of hydrogen-bond donors (Lipinski definition) is 1. The largest absolute Gasteiger partial charge is 0.346 e. The quantitative estimate of drug-likeness (QED) is 0.481. The van der Waals surface area contributed by atoms with Crippen molar-refractivity contribution in [1.29, 1.82) is 0 Å². The van der Waals surface area contributed by atoms with Crippen LogP contribution in [0.2, 0.25) is 5.02 Å². The van der Waals surface area contributed by atoms with E-state index in [0.29, 0.717) is 23.5 Å². The molecule has 1 fully saturated rings. The van der Waals surface area contributed by atoms with Gasteiger partial charge in [-0.05, 0) is 47.4 Å². The normalized spacial score (nSPS) is 20.0.